The second-order valence-corrected chi connectivity index (χ2v) is 7.08. The molecule has 0 aromatic carbocycles. The highest BCUT2D eigenvalue weighted by atomic mass is 16.5. The number of aryl methyl sites for hydroxylation is 1. The number of ether oxygens (including phenoxy) is 2. The van der Waals surface area contributed by atoms with Gasteiger partial charge < -0.3 is 24.2 Å². The third-order valence-corrected chi connectivity index (χ3v) is 5.24. The van der Waals surface area contributed by atoms with Gasteiger partial charge in [0.25, 0.3) is 5.91 Å². The molecule has 3 fully saturated rings. The van der Waals surface area contributed by atoms with Crippen LogP contribution in [0.3, 0.4) is 0 Å². The topological polar surface area (TPSA) is 71.0 Å². The van der Waals surface area contributed by atoms with Gasteiger partial charge in [-0.15, -0.1) is 0 Å². The van der Waals surface area contributed by atoms with Crippen molar-refractivity contribution in [1.82, 2.24) is 14.9 Å². The maximum absolute atomic E-state index is 12.5. The van der Waals surface area contributed by atoms with Crippen molar-refractivity contribution >= 4 is 17.7 Å². The number of hydrogen-bond donors (Lipinski definition) is 0. The lowest BCUT2D eigenvalue weighted by Gasteiger charge is -2.36. The number of morpholine rings is 1. The SMILES string of the molecule is Cc1cc(N2CCOCC2)nc(N2CCN(C(=O)C3CCCO3)CC2)n1. The van der Waals surface area contributed by atoms with Gasteiger partial charge in [-0.05, 0) is 19.8 Å². The molecule has 0 radical (unpaired) electrons. The van der Waals surface area contributed by atoms with Crippen LogP contribution in [0, 0.1) is 6.92 Å². The van der Waals surface area contributed by atoms with E-state index in [0.717, 1.165) is 69.7 Å². The second-order valence-electron chi connectivity index (χ2n) is 7.08. The number of aromatic nitrogens is 2. The molecule has 0 saturated carbocycles. The zero-order valence-corrected chi connectivity index (χ0v) is 15.4. The minimum Gasteiger partial charge on any atom is -0.378 e. The fourth-order valence-corrected chi connectivity index (χ4v) is 3.74. The van der Waals surface area contributed by atoms with Gasteiger partial charge in [0.15, 0.2) is 0 Å². The zero-order valence-electron chi connectivity index (χ0n) is 15.4. The molecule has 1 unspecified atom stereocenters. The van der Waals surface area contributed by atoms with Crippen molar-refractivity contribution in [2.75, 3.05) is 68.9 Å². The van der Waals surface area contributed by atoms with E-state index in [9.17, 15) is 4.79 Å². The lowest BCUT2D eigenvalue weighted by molar-refractivity contribution is -0.141. The molecule has 142 valence electrons. The fraction of sp³-hybridized carbons (Fsp3) is 0.722. The fourth-order valence-electron chi connectivity index (χ4n) is 3.74. The zero-order chi connectivity index (χ0) is 17.9. The lowest BCUT2D eigenvalue weighted by Crippen LogP contribution is -2.52. The third kappa shape index (κ3) is 3.76. The Kier molecular flexibility index (Phi) is 5.21. The Bertz CT molecular complexity index is 636. The van der Waals surface area contributed by atoms with E-state index in [4.69, 9.17) is 14.5 Å². The molecule has 3 saturated heterocycles. The second kappa shape index (κ2) is 7.75. The number of carbonyl (C=O) groups excluding carboxylic acids is 1. The van der Waals surface area contributed by atoms with E-state index in [1.54, 1.807) is 0 Å². The first-order valence-corrected chi connectivity index (χ1v) is 9.54. The molecule has 0 aliphatic carbocycles. The van der Waals surface area contributed by atoms with Gasteiger partial charge in [-0.2, -0.15) is 4.98 Å². The standard InChI is InChI=1S/C18H27N5O3/c1-14-13-16(21-8-11-25-12-9-21)20-18(19-14)23-6-4-22(5-7-23)17(24)15-3-2-10-26-15/h13,15H,2-12H2,1H3. The van der Waals surface area contributed by atoms with E-state index in [1.807, 2.05) is 17.9 Å². The molecule has 3 aliphatic rings. The molecule has 1 amide bonds. The summed E-state index contributed by atoms with van der Waals surface area (Å²) in [5.74, 6) is 1.87. The van der Waals surface area contributed by atoms with Gasteiger partial charge in [-0.3, -0.25) is 4.79 Å². The van der Waals surface area contributed by atoms with Crippen molar-refractivity contribution in [2.45, 2.75) is 25.9 Å². The largest absolute Gasteiger partial charge is 0.378 e. The van der Waals surface area contributed by atoms with Gasteiger partial charge in [-0.1, -0.05) is 0 Å². The summed E-state index contributed by atoms with van der Waals surface area (Å²) in [6, 6.07) is 2.03. The molecule has 0 spiro atoms. The Morgan fingerprint density at radius 2 is 1.81 bits per heavy atom. The normalized spacial score (nSPS) is 24.2. The van der Waals surface area contributed by atoms with Crippen molar-refractivity contribution in [3.05, 3.63) is 11.8 Å². The smallest absolute Gasteiger partial charge is 0.251 e. The predicted molar refractivity (Wildman–Crippen MR) is 97.6 cm³/mol. The third-order valence-electron chi connectivity index (χ3n) is 5.24. The first-order chi connectivity index (χ1) is 12.7. The molecular formula is C18H27N5O3. The Balaban J connectivity index is 1.40. The summed E-state index contributed by atoms with van der Waals surface area (Å²) in [4.78, 5) is 28.3. The molecule has 1 aromatic heterocycles. The first-order valence-electron chi connectivity index (χ1n) is 9.54. The number of carbonyl (C=O) groups is 1. The number of piperazine rings is 1. The van der Waals surface area contributed by atoms with Crippen LogP contribution in [0.4, 0.5) is 11.8 Å². The van der Waals surface area contributed by atoms with Gasteiger partial charge >= 0.3 is 0 Å². The summed E-state index contributed by atoms with van der Waals surface area (Å²) in [6.45, 7) is 8.81. The number of anilines is 2. The molecule has 1 aromatic rings. The Morgan fingerprint density at radius 3 is 2.50 bits per heavy atom. The van der Waals surface area contributed by atoms with Crippen molar-refractivity contribution in [3.63, 3.8) is 0 Å². The van der Waals surface area contributed by atoms with Gasteiger partial charge in [0.1, 0.15) is 11.9 Å². The molecule has 3 aliphatic heterocycles. The van der Waals surface area contributed by atoms with Crippen LogP contribution in [0.1, 0.15) is 18.5 Å². The number of amides is 1. The van der Waals surface area contributed by atoms with E-state index in [0.29, 0.717) is 19.7 Å². The summed E-state index contributed by atoms with van der Waals surface area (Å²) in [5, 5.41) is 0. The van der Waals surface area contributed by atoms with E-state index < -0.39 is 0 Å². The number of hydrogen-bond acceptors (Lipinski definition) is 7. The average molecular weight is 361 g/mol. The Labute approximate surface area is 154 Å². The van der Waals surface area contributed by atoms with Gasteiger partial charge in [0.2, 0.25) is 5.95 Å². The minimum atomic E-state index is -0.232. The van der Waals surface area contributed by atoms with Crippen LogP contribution in [0.2, 0.25) is 0 Å². The van der Waals surface area contributed by atoms with Crippen molar-refractivity contribution in [1.29, 1.82) is 0 Å². The molecule has 1 atom stereocenters. The highest BCUT2D eigenvalue weighted by Crippen LogP contribution is 2.21. The van der Waals surface area contributed by atoms with Gasteiger partial charge in [0, 0.05) is 57.6 Å². The summed E-state index contributed by atoms with van der Waals surface area (Å²) in [5.41, 5.74) is 0.967. The maximum atomic E-state index is 12.5. The van der Waals surface area contributed by atoms with Crippen LogP contribution < -0.4 is 9.80 Å². The molecular weight excluding hydrogens is 334 g/mol. The van der Waals surface area contributed by atoms with Crippen molar-refractivity contribution in [3.8, 4) is 0 Å². The predicted octanol–water partition coefficient (Wildman–Crippen LogP) is 0.449. The summed E-state index contributed by atoms with van der Waals surface area (Å²) < 4.78 is 11.0. The highest BCUT2D eigenvalue weighted by molar-refractivity contribution is 5.81. The maximum Gasteiger partial charge on any atom is 0.251 e. The molecule has 26 heavy (non-hydrogen) atoms. The van der Waals surface area contributed by atoms with Crippen LogP contribution >= 0.6 is 0 Å². The molecule has 4 rings (SSSR count). The van der Waals surface area contributed by atoms with Crippen LogP contribution in [0.5, 0.6) is 0 Å². The molecule has 0 bridgehead atoms. The Hall–Kier alpha value is -1.93. The molecule has 0 N–H and O–H groups in total. The van der Waals surface area contributed by atoms with Crippen LogP contribution in [0.15, 0.2) is 6.07 Å². The quantitative estimate of drug-likeness (QED) is 0.774. The average Bonchev–Trinajstić information content (AvgIpc) is 3.22. The van der Waals surface area contributed by atoms with E-state index >= 15 is 0 Å². The molecule has 8 nitrogen and oxygen atoms in total. The van der Waals surface area contributed by atoms with Crippen LogP contribution in [-0.4, -0.2) is 86.0 Å². The van der Waals surface area contributed by atoms with Crippen molar-refractivity contribution < 1.29 is 14.3 Å². The van der Waals surface area contributed by atoms with E-state index in [2.05, 4.69) is 14.8 Å². The summed E-state index contributed by atoms with van der Waals surface area (Å²) in [7, 11) is 0. The first kappa shape index (κ1) is 17.5. The van der Waals surface area contributed by atoms with Crippen LogP contribution in [-0.2, 0) is 14.3 Å². The van der Waals surface area contributed by atoms with Crippen LogP contribution in [0.25, 0.3) is 0 Å². The minimum absolute atomic E-state index is 0.140. The van der Waals surface area contributed by atoms with Gasteiger partial charge in [0.05, 0.1) is 13.2 Å². The Morgan fingerprint density at radius 1 is 1.04 bits per heavy atom. The number of rotatable bonds is 3. The summed E-state index contributed by atoms with van der Waals surface area (Å²) in [6.07, 6.45) is 1.60. The monoisotopic (exact) mass is 361 g/mol. The van der Waals surface area contributed by atoms with E-state index in [1.165, 1.54) is 0 Å². The lowest BCUT2D eigenvalue weighted by atomic mass is 10.2. The number of nitrogens with zero attached hydrogens (tertiary/aromatic N) is 5. The molecule has 8 heteroatoms. The summed E-state index contributed by atoms with van der Waals surface area (Å²) >= 11 is 0. The van der Waals surface area contributed by atoms with Gasteiger partial charge in [-0.25, -0.2) is 4.98 Å². The molecule has 4 heterocycles. The highest BCUT2D eigenvalue weighted by Gasteiger charge is 2.31. The van der Waals surface area contributed by atoms with Crippen molar-refractivity contribution in [2.24, 2.45) is 0 Å². The van der Waals surface area contributed by atoms with E-state index in [-0.39, 0.29) is 12.0 Å².